The van der Waals surface area contributed by atoms with Crippen LogP contribution in [0.3, 0.4) is 0 Å². The van der Waals surface area contributed by atoms with Crippen LogP contribution in [0.2, 0.25) is 0 Å². The Kier molecular flexibility index (Phi) is 6.04. The van der Waals surface area contributed by atoms with Gasteiger partial charge < -0.3 is 4.74 Å². The van der Waals surface area contributed by atoms with E-state index in [0.717, 1.165) is 31.4 Å². The molecule has 6 heteroatoms. The second-order valence-corrected chi connectivity index (χ2v) is 8.75. The molecule has 0 heterocycles. The number of hydrogen-bond acceptors (Lipinski definition) is 4. The van der Waals surface area contributed by atoms with Crippen LogP contribution in [0, 0.1) is 0 Å². The fourth-order valence-electron chi connectivity index (χ4n) is 3.07. The largest absolute Gasteiger partial charge is 0.489 e. The Labute approximate surface area is 154 Å². The van der Waals surface area contributed by atoms with Crippen LogP contribution in [0.25, 0.3) is 0 Å². The molecule has 134 valence electrons. The van der Waals surface area contributed by atoms with Gasteiger partial charge in [-0.05, 0) is 61.9 Å². The first-order valence-electron chi connectivity index (χ1n) is 8.46. The minimum Gasteiger partial charge on any atom is -0.489 e. The van der Waals surface area contributed by atoms with E-state index in [9.17, 15) is 8.42 Å². The third kappa shape index (κ3) is 4.77. The predicted molar refractivity (Wildman–Crippen MR) is 102 cm³/mol. The Morgan fingerprint density at radius 3 is 2.36 bits per heavy atom. The average molecular weight is 378 g/mol. The highest BCUT2D eigenvalue weighted by Crippen LogP contribution is 2.26. The molecule has 0 aliphatic heterocycles. The van der Waals surface area contributed by atoms with Crippen molar-refractivity contribution in [3.63, 3.8) is 0 Å². The lowest BCUT2D eigenvalue weighted by Gasteiger charge is -2.32. The van der Waals surface area contributed by atoms with Crippen LogP contribution >= 0.6 is 11.8 Å². The van der Waals surface area contributed by atoms with E-state index in [1.54, 1.807) is 36.0 Å². The van der Waals surface area contributed by atoms with E-state index in [0.29, 0.717) is 4.90 Å². The zero-order valence-electron chi connectivity index (χ0n) is 14.2. The van der Waals surface area contributed by atoms with Crippen LogP contribution in [0.5, 0.6) is 5.75 Å². The summed E-state index contributed by atoms with van der Waals surface area (Å²) in [7, 11) is -3.53. The van der Waals surface area contributed by atoms with Gasteiger partial charge in [0.15, 0.2) is 0 Å². The lowest BCUT2D eigenvalue weighted by molar-refractivity contribution is 0.125. The molecule has 4 nitrogen and oxygen atoms in total. The molecule has 1 aliphatic carbocycles. The summed E-state index contributed by atoms with van der Waals surface area (Å²) in [6.45, 7) is 0. The van der Waals surface area contributed by atoms with Gasteiger partial charge >= 0.3 is 0 Å². The highest BCUT2D eigenvalue weighted by molar-refractivity contribution is 7.98. The lowest BCUT2D eigenvalue weighted by Crippen LogP contribution is -2.47. The second-order valence-electron chi connectivity index (χ2n) is 6.16. The molecule has 0 saturated heterocycles. The molecule has 0 spiro atoms. The van der Waals surface area contributed by atoms with Crippen LogP contribution in [0.4, 0.5) is 0 Å². The Balaban J connectivity index is 1.72. The molecule has 0 unspecified atom stereocenters. The average Bonchev–Trinajstić information content (AvgIpc) is 2.64. The summed E-state index contributed by atoms with van der Waals surface area (Å²) in [4.78, 5) is 1.47. The fourth-order valence-corrected chi connectivity index (χ4v) is 4.80. The summed E-state index contributed by atoms with van der Waals surface area (Å²) in [5, 5.41) is 0. The van der Waals surface area contributed by atoms with Gasteiger partial charge in [0.1, 0.15) is 11.9 Å². The second kappa shape index (κ2) is 8.25. The van der Waals surface area contributed by atoms with E-state index in [1.165, 1.54) is 4.90 Å². The Bertz CT molecular complexity index is 776. The summed E-state index contributed by atoms with van der Waals surface area (Å²) in [6, 6.07) is 16.2. The highest BCUT2D eigenvalue weighted by Gasteiger charge is 2.31. The normalized spacial score (nSPS) is 21.0. The molecule has 1 fully saturated rings. The molecule has 2 aromatic carbocycles. The minimum atomic E-state index is -3.53. The summed E-state index contributed by atoms with van der Waals surface area (Å²) in [5.74, 6) is 0.786. The van der Waals surface area contributed by atoms with Gasteiger partial charge in [-0.3, -0.25) is 0 Å². The molecular formula is C19H23NO3S2. The highest BCUT2D eigenvalue weighted by atomic mass is 32.2. The first-order valence-corrected chi connectivity index (χ1v) is 11.2. The van der Waals surface area contributed by atoms with Gasteiger partial charge in [-0.1, -0.05) is 24.6 Å². The Morgan fingerprint density at radius 1 is 1.00 bits per heavy atom. The van der Waals surface area contributed by atoms with E-state index in [-0.39, 0.29) is 12.1 Å². The zero-order valence-corrected chi connectivity index (χ0v) is 15.9. The minimum absolute atomic E-state index is 0.146. The molecule has 0 bridgehead atoms. The molecular weight excluding hydrogens is 354 g/mol. The quantitative estimate of drug-likeness (QED) is 0.771. The summed E-state index contributed by atoms with van der Waals surface area (Å²) in [6.07, 6.45) is 5.59. The van der Waals surface area contributed by atoms with Crippen LogP contribution in [-0.2, 0) is 10.0 Å². The number of thioether (sulfide) groups is 1. The van der Waals surface area contributed by atoms with Crippen molar-refractivity contribution in [1.29, 1.82) is 0 Å². The fraction of sp³-hybridized carbons (Fsp3) is 0.368. The van der Waals surface area contributed by atoms with E-state index < -0.39 is 10.0 Å². The molecule has 0 amide bonds. The molecule has 1 saturated carbocycles. The van der Waals surface area contributed by atoms with Crippen molar-refractivity contribution >= 4 is 21.8 Å². The standard InChI is InChI=1S/C19H23NO3S2/c1-24-16-13-11-15(12-14-16)23-19-10-6-5-9-18(19)20-25(21,22)17-7-3-2-4-8-17/h2-4,7-8,11-14,18-20H,5-6,9-10H2,1H3/t18-,19-/m0/s1. The van der Waals surface area contributed by atoms with Gasteiger partial charge in [0.25, 0.3) is 0 Å². The lowest BCUT2D eigenvalue weighted by atomic mass is 9.93. The van der Waals surface area contributed by atoms with Crippen molar-refractivity contribution in [2.75, 3.05) is 6.26 Å². The Hall–Kier alpha value is -1.50. The van der Waals surface area contributed by atoms with Crippen molar-refractivity contribution in [3.8, 4) is 5.75 Å². The smallest absolute Gasteiger partial charge is 0.240 e. The monoisotopic (exact) mass is 377 g/mol. The molecule has 25 heavy (non-hydrogen) atoms. The Morgan fingerprint density at radius 2 is 1.68 bits per heavy atom. The zero-order chi connectivity index (χ0) is 17.7. The predicted octanol–water partition coefficient (Wildman–Crippen LogP) is 4.08. The SMILES string of the molecule is CSc1ccc(O[C@H]2CCCC[C@@H]2NS(=O)(=O)c2ccccc2)cc1. The van der Waals surface area contributed by atoms with E-state index in [2.05, 4.69) is 4.72 Å². The first-order chi connectivity index (χ1) is 12.1. The van der Waals surface area contributed by atoms with Gasteiger partial charge in [-0.25, -0.2) is 13.1 Å². The maximum absolute atomic E-state index is 12.6. The van der Waals surface area contributed by atoms with Crippen molar-refractivity contribution in [2.24, 2.45) is 0 Å². The third-order valence-electron chi connectivity index (χ3n) is 4.41. The van der Waals surface area contributed by atoms with Crippen LogP contribution in [-0.4, -0.2) is 26.8 Å². The van der Waals surface area contributed by atoms with Crippen molar-refractivity contribution < 1.29 is 13.2 Å². The van der Waals surface area contributed by atoms with E-state index in [1.807, 2.05) is 36.6 Å². The van der Waals surface area contributed by atoms with E-state index >= 15 is 0 Å². The molecule has 0 radical (unpaired) electrons. The molecule has 2 atom stereocenters. The topological polar surface area (TPSA) is 55.4 Å². The van der Waals surface area contributed by atoms with Crippen molar-refractivity contribution in [2.45, 2.75) is 47.6 Å². The maximum atomic E-state index is 12.6. The number of rotatable bonds is 6. The van der Waals surface area contributed by atoms with Gasteiger partial charge in [0, 0.05) is 4.90 Å². The summed E-state index contributed by atoms with van der Waals surface area (Å²) in [5.41, 5.74) is 0. The van der Waals surface area contributed by atoms with Crippen LogP contribution < -0.4 is 9.46 Å². The number of benzene rings is 2. The van der Waals surface area contributed by atoms with Gasteiger partial charge in [-0.15, -0.1) is 11.8 Å². The van der Waals surface area contributed by atoms with Crippen LogP contribution in [0.1, 0.15) is 25.7 Å². The molecule has 1 aliphatic rings. The van der Waals surface area contributed by atoms with Gasteiger partial charge in [0.05, 0.1) is 10.9 Å². The number of nitrogens with one attached hydrogen (secondary N) is 1. The molecule has 2 aromatic rings. The van der Waals surface area contributed by atoms with Crippen LogP contribution in [0.15, 0.2) is 64.4 Å². The first kappa shape index (κ1) is 18.3. The number of ether oxygens (including phenoxy) is 1. The van der Waals surface area contributed by atoms with E-state index in [4.69, 9.17) is 4.74 Å². The maximum Gasteiger partial charge on any atom is 0.240 e. The number of hydrogen-bond donors (Lipinski definition) is 1. The summed E-state index contributed by atoms with van der Waals surface area (Å²) >= 11 is 1.68. The molecule has 1 N–H and O–H groups in total. The van der Waals surface area contributed by atoms with Gasteiger partial charge in [-0.2, -0.15) is 0 Å². The molecule has 0 aromatic heterocycles. The van der Waals surface area contributed by atoms with Crippen molar-refractivity contribution in [3.05, 3.63) is 54.6 Å². The number of sulfonamides is 1. The van der Waals surface area contributed by atoms with Crippen molar-refractivity contribution in [1.82, 2.24) is 4.72 Å². The third-order valence-corrected chi connectivity index (χ3v) is 6.66. The van der Waals surface area contributed by atoms with Gasteiger partial charge in [0.2, 0.25) is 10.0 Å². The summed E-state index contributed by atoms with van der Waals surface area (Å²) < 4.78 is 34.2. The molecule has 3 rings (SSSR count).